The molecule has 1 saturated heterocycles. The monoisotopic (exact) mass is 397 g/mol. The summed E-state index contributed by atoms with van der Waals surface area (Å²) in [6.45, 7) is -0.122. The first-order valence-electron chi connectivity index (χ1n) is 7.93. The van der Waals surface area contributed by atoms with Gasteiger partial charge in [0, 0.05) is 20.1 Å². The molecule has 0 bridgehead atoms. The number of urea groups is 1. The molecule has 1 aromatic carbocycles. The number of nitrogens with one attached hydrogen (secondary N) is 1. The van der Waals surface area contributed by atoms with E-state index in [1.807, 2.05) is 0 Å². The first-order chi connectivity index (χ1) is 12.4. The molecular weight excluding hydrogens is 380 g/mol. The van der Waals surface area contributed by atoms with Crippen molar-refractivity contribution in [2.45, 2.75) is 24.8 Å². The summed E-state index contributed by atoms with van der Waals surface area (Å²) in [6.07, 6.45) is -9.85. The zero-order valence-corrected chi connectivity index (χ0v) is 14.2. The van der Waals surface area contributed by atoms with Crippen molar-refractivity contribution in [3.05, 3.63) is 35.4 Å². The van der Waals surface area contributed by atoms with Gasteiger partial charge < -0.3 is 15.1 Å². The van der Waals surface area contributed by atoms with E-state index in [2.05, 4.69) is 0 Å². The Hall–Kier alpha value is -2.46. The molecule has 1 N–H and O–H groups in total. The van der Waals surface area contributed by atoms with Crippen LogP contribution in [-0.2, 0) is 11.0 Å². The summed E-state index contributed by atoms with van der Waals surface area (Å²) in [7, 11) is 1.49. The molecule has 0 aliphatic carbocycles. The van der Waals surface area contributed by atoms with Gasteiger partial charge in [-0.3, -0.25) is 4.79 Å². The second-order valence-electron chi connectivity index (χ2n) is 6.10. The van der Waals surface area contributed by atoms with E-state index in [0.29, 0.717) is 25.1 Å². The van der Waals surface area contributed by atoms with Crippen molar-refractivity contribution in [2.75, 3.05) is 26.7 Å². The third kappa shape index (κ3) is 5.04. The number of hydrogen-bond acceptors (Lipinski definition) is 2. The molecule has 1 unspecified atom stereocenters. The van der Waals surface area contributed by atoms with Crippen LogP contribution >= 0.6 is 0 Å². The van der Waals surface area contributed by atoms with Gasteiger partial charge in [0.15, 0.2) is 6.04 Å². The van der Waals surface area contributed by atoms with E-state index in [-0.39, 0.29) is 6.54 Å². The van der Waals surface area contributed by atoms with Crippen LogP contribution in [0, 0.1) is 0 Å². The standard InChI is InChI=1S/C16H17F6N3O2/c1-24-7-4-8-25(9-12(24)26)14(27)23-13(16(20,21)22)10-5-2-3-6-11(10)15(17,18)19/h2-3,5-6,13H,4,7-9H2,1H3,(H,23,27). The highest BCUT2D eigenvalue weighted by Crippen LogP contribution is 2.40. The molecule has 0 aromatic heterocycles. The van der Waals surface area contributed by atoms with E-state index in [1.165, 1.54) is 11.9 Å². The lowest BCUT2D eigenvalue weighted by atomic mass is 9.99. The van der Waals surface area contributed by atoms with Gasteiger partial charge in [-0.05, 0) is 18.1 Å². The minimum atomic E-state index is -5.16. The maximum absolute atomic E-state index is 13.4. The highest BCUT2D eigenvalue weighted by Gasteiger charge is 2.47. The van der Waals surface area contributed by atoms with Crippen LogP contribution in [0.4, 0.5) is 31.1 Å². The lowest BCUT2D eigenvalue weighted by molar-refractivity contribution is -0.160. The van der Waals surface area contributed by atoms with Gasteiger partial charge in [-0.15, -0.1) is 0 Å². The number of halogens is 6. The predicted molar refractivity (Wildman–Crippen MR) is 82.6 cm³/mol. The minimum Gasteiger partial charge on any atom is -0.344 e. The molecule has 1 fully saturated rings. The van der Waals surface area contributed by atoms with Crippen LogP contribution in [0.1, 0.15) is 23.6 Å². The topological polar surface area (TPSA) is 52.6 Å². The van der Waals surface area contributed by atoms with Gasteiger partial charge in [0.25, 0.3) is 0 Å². The van der Waals surface area contributed by atoms with Crippen molar-refractivity contribution in [3.8, 4) is 0 Å². The molecule has 1 aliphatic rings. The molecule has 0 saturated carbocycles. The van der Waals surface area contributed by atoms with Gasteiger partial charge in [-0.2, -0.15) is 26.3 Å². The molecule has 0 spiro atoms. The van der Waals surface area contributed by atoms with Crippen molar-refractivity contribution in [1.82, 2.24) is 15.1 Å². The quantitative estimate of drug-likeness (QED) is 0.780. The number of likely N-dealkylation sites (N-methyl/N-ethyl adjacent to an activating group) is 1. The van der Waals surface area contributed by atoms with E-state index >= 15 is 0 Å². The van der Waals surface area contributed by atoms with Gasteiger partial charge in [0.05, 0.1) is 5.56 Å². The van der Waals surface area contributed by atoms with E-state index < -0.39 is 48.0 Å². The van der Waals surface area contributed by atoms with Gasteiger partial charge in [-0.25, -0.2) is 4.79 Å². The van der Waals surface area contributed by atoms with Crippen LogP contribution in [0.2, 0.25) is 0 Å². The van der Waals surface area contributed by atoms with Crippen LogP contribution in [-0.4, -0.2) is 54.6 Å². The smallest absolute Gasteiger partial charge is 0.344 e. The van der Waals surface area contributed by atoms with E-state index in [0.717, 1.165) is 17.0 Å². The summed E-state index contributed by atoms with van der Waals surface area (Å²) < 4.78 is 79.6. The Morgan fingerprint density at radius 3 is 2.33 bits per heavy atom. The lowest BCUT2D eigenvalue weighted by Crippen LogP contribution is -2.48. The Morgan fingerprint density at radius 1 is 1.11 bits per heavy atom. The zero-order valence-electron chi connectivity index (χ0n) is 14.2. The summed E-state index contributed by atoms with van der Waals surface area (Å²) in [5, 5.41) is 1.61. The second kappa shape index (κ2) is 7.65. The van der Waals surface area contributed by atoms with Crippen LogP contribution < -0.4 is 5.32 Å². The van der Waals surface area contributed by atoms with Crippen molar-refractivity contribution in [1.29, 1.82) is 0 Å². The maximum Gasteiger partial charge on any atom is 0.416 e. The van der Waals surface area contributed by atoms with Crippen molar-refractivity contribution >= 4 is 11.9 Å². The molecule has 3 amide bonds. The number of hydrogen-bond donors (Lipinski definition) is 1. The summed E-state index contributed by atoms with van der Waals surface area (Å²) in [4.78, 5) is 26.2. The summed E-state index contributed by atoms with van der Waals surface area (Å²) in [5.41, 5.74) is -2.59. The average Bonchev–Trinajstić information content (AvgIpc) is 2.72. The fourth-order valence-corrected chi connectivity index (χ4v) is 2.72. The lowest BCUT2D eigenvalue weighted by Gasteiger charge is -2.28. The minimum absolute atomic E-state index is 0.00735. The molecule has 150 valence electrons. The normalized spacial score (nSPS) is 17.5. The Morgan fingerprint density at radius 2 is 1.74 bits per heavy atom. The van der Waals surface area contributed by atoms with Gasteiger partial charge in [0.1, 0.15) is 6.54 Å². The number of carbonyl (C=O) groups is 2. The SMILES string of the molecule is CN1CCCN(C(=O)NC(c2ccccc2C(F)(F)F)C(F)(F)F)CC1=O. The van der Waals surface area contributed by atoms with E-state index in [9.17, 15) is 35.9 Å². The number of nitrogens with zero attached hydrogens (tertiary/aromatic N) is 2. The summed E-state index contributed by atoms with van der Waals surface area (Å²) in [6, 6.07) is -0.935. The third-order valence-electron chi connectivity index (χ3n) is 4.13. The fourth-order valence-electron chi connectivity index (χ4n) is 2.72. The third-order valence-corrected chi connectivity index (χ3v) is 4.13. The maximum atomic E-state index is 13.4. The molecule has 1 aromatic rings. The Kier molecular flexibility index (Phi) is 5.91. The van der Waals surface area contributed by atoms with E-state index in [1.54, 1.807) is 5.32 Å². The highest BCUT2D eigenvalue weighted by atomic mass is 19.4. The average molecular weight is 397 g/mol. The highest BCUT2D eigenvalue weighted by molar-refractivity contribution is 5.84. The first kappa shape index (κ1) is 20.8. The number of carbonyl (C=O) groups excluding carboxylic acids is 2. The molecule has 1 aliphatic heterocycles. The number of benzene rings is 1. The predicted octanol–water partition coefficient (Wildman–Crippen LogP) is 3.18. The molecule has 11 heteroatoms. The van der Waals surface area contributed by atoms with Gasteiger partial charge >= 0.3 is 18.4 Å². The zero-order chi connectivity index (χ0) is 20.4. The van der Waals surface area contributed by atoms with Crippen molar-refractivity contribution in [2.24, 2.45) is 0 Å². The molecule has 27 heavy (non-hydrogen) atoms. The number of amides is 3. The molecular formula is C16H17F6N3O2. The molecule has 5 nitrogen and oxygen atoms in total. The Bertz CT molecular complexity index is 704. The molecule has 0 radical (unpaired) electrons. The summed E-state index contributed by atoms with van der Waals surface area (Å²) >= 11 is 0. The van der Waals surface area contributed by atoms with Crippen LogP contribution in [0.25, 0.3) is 0 Å². The fraction of sp³-hybridized carbons (Fsp3) is 0.500. The largest absolute Gasteiger partial charge is 0.416 e. The molecule has 1 heterocycles. The van der Waals surface area contributed by atoms with Crippen molar-refractivity contribution < 1.29 is 35.9 Å². The van der Waals surface area contributed by atoms with Crippen LogP contribution in [0.3, 0.4) is 0 Å². The number of rotatable bonds is 2. The molecule has 2 rings (SSSR count). The summed E-state index contributed by atoms with van der Waals surface area (Å²) in [5.74, 6) is -0.470. The number of alkyl halides is 6. The Labute approximate surface area is 150 Å². The van der Waals surface area contributed by atoms with Gasteiger partial charge in [-0.1, -0.05) is 18.2 Å². The first-order valence-corrected chi connectivity index (χ1v) is 7.93. The van der Waals surface area contributed by atoms with Crippen molar-refractivity contribution in [3.63, 3.8) is 0 Å². The Balaban J connectivity index is 2.32. The molecule has 1 atom stereocenters. The van der Waals surface area contributed by atoms with Crippen LogP contribution in [0.5, 0.6) is 0 Å². The van der Waals surface area contributed by atoms with Gasteiger partial charge in [0.2, 0.25) is 5.91 Å². The second-order valence-corrected chi connectivity index (χ2v) is 6.10. The van der Waals surface area contributed by atoms with Crippen LogP contribution in [0.15, 0.2) is 24.3 Å². The van der Waals surface area contributed by atoms with E-state index in [4.69, 9.17) is 0 Å².